The van der Waals surface area contributed by atoms with Gasteiger partial charge >= 0.3 is 12.1 Å². The maximum absolute atomic E-state index is 12.0. The van der Waals surface area contributed by atoms with Gasteiger partial charge in [0.05, 0.1) is 25.0 Å². The van der Waals surface area contributed by atoms with E-state index in [1.807, 2.05) is 30.3 Å². The van der Waals surface area contributed by atoms with E-state index in [0.29, 0.717) is 17.9 Å². The zero-order valence-electron chi connectivity index (χ0n) is 14.5. The first-order chi connectivity index (χ1) is 12.0. The Labute approximate surface area is 146 Å². The van der Waals surface area contributed by atoms with Gasteiger partial charge in [0, 0.05) is 6.07 Å². The molecule has 0 atom stereocenters. The SMILES string of the molecule is CCOC(=O)Nc1cc(OCc2ccccc2)cc(C)c1C(=O)OC. The molecule has 6 heteroatoms. The van der Waals surface area contributed by atoms with Crippen molar-refractivity contribution in [1.82, 2.24) is 0 Å². The number of anilines is 1. The normalized spacial score (nSPS) is 10.0. The maximum atomic E-state index is 12.0. The number of hydrogen-bond donors (Lipinski definition) is 1. The first-order valence-corrected chi connectivity index (χ1v) is 7.88. The highest BCUT2D eigenvalue weighted by Gasteiger charge is 2.19. The van der Waals surface area contributed by atoms with E-state index in [1.165, 1.54) is 7.11 Å². The van der Waals surface area contributed by atoms with E-state index in [-0.39, 0.29) is 17.9 Å². The number of carbonyl (C=O) groups is 2. The number of carbonyl (C=O) groups excluding carboxylic acids is 2. The molecule has 2 aromatic rings. The lowest BCUT2D eigenvalue weighted by Crippen LogP contribution is -2.17. The fourth-order valence-corrected chi connectivity index (χ4v) is 2.33. The second-order valence-electron chi connectivity index (χ2n) is 5.27. The fourth-order valence-electron chi connectivity index (χ4n) is 2.33. The topological polar surface area (TPSA) is 73.9 Å². The molecule has 0 aliphatic carbocycles. The molecular weight excluding hydrogens is 322 g/mol. The Morgan fingerprint density at radius 1 is 1.12 bits per heavy atom. The van der Waals surface area contributed by atoms with Crippen LogP contribution in [0.2, 0.25) is 0 Å². The van der Waals surface area contributed by atoms with Crippen molar-refractivity contribution in [1.29, 1.82) is 0 Å². The number of hydrogen-bond acceptors (Lipinski definition) is 5. The molecule has 0 aliphatic heterocycles. The van der Waals surface area contributed by atoms with Crippen molar-refractivity contribution in [3.63, 3.8) is 0 Å². The predicted octanol–water partition coefficient (Wildman–Crippen LogP) is 3.93. The van der Waals surface area contributed by atoms with E-state index in [9.17, 15) is 9.59 Å². The van der Waals surface area contributed by atoms with Crippen LogP contribution >= 0.6 is 0 Å². The van der Waals surface area contributed by atoms with Crippen LogP contribution in [-0.2, 0) is 16.1 Å². The summed E-state index contributed by atoms with van der Waals surface area (Å²) in [7, 11) is 1.29. The minimum absolute atomic E-state index is 0.225. The molecule has 0 aromatic heterocycles. The number of ether oxygens (including phenoxy) is 3. The van der Waals surface area contributed by atoms with E-state index < -0.39 is 12.1 Å². The van der Waals surface area contributed by atoms with E-state index in [0.717, 1.165) is 5.56 Å². The Morgan fingerprint density at radius 3 is 2.48 bits per heavy atom. The van der Waals surface area contributed by atoms with Crippen LogP contribution in [0.5, 0.6) is 5.75 Å². The van der Waals surface area contributed by atoms with Gasteiger partial charge in [0.25, 0.3) is 0 Å². The van der Waals surface area contributed by atoms with Crippen LogP contribution in [0, 0.1) is 6.92 Å². The van der Waals surface area contributed by atoms with Crippen LogP contribution in [0.1, 0.15) is 28.4 Å². The number of rotatable bonds is 6. The summed E-state index contributed by atoms with van der Waals surface area (Å²) in [6.07, 6.45) is -0.646. The summed E-state index contributed by atoms with van der Waals surface area (Å²) >= 11 is 0. The van der Waals surface area contributed by atoms with Gasteiger partial charge < -0.3 is 14.2 Å². The quantitative estimate of drug-likeness (QED) is 0.805. The van der Waals surface area contributed by atoms with Crippen molar-refractivity contribution in [2.75, 3.05) is 19.0 Å². The van der Waals surface area contributed by atoms with Crippen LogP contribution in [0.15, 0.2) is 42.5 Å². The third kappa shape index (κ3) is 4.97. The third-order valence-electron chi connectivity index (χ3n) is 3.46. The van der Waals surface area contributed by atoms with Gasteiger partial charge in [-0.05, 0) is 31.0 Å². The Kier molecular flexibility index (Phi) is 6.39. The highest BCUT2D eigenvalue weighted by atomic mass is 16.5. The van der Waals surface area contributed by atoms with E-state index in [4.69, 9.17) is 14.2 Å². The van der Waals surface area contributed by atoms with Gasteiger partial charge in [-0.25, -0.2) is 9.59 Å². The number of aryl methyl sites for hydroxylation is 1. The molecule has 0 bridgehead atoms. The number of benzene rings is 2. The van der Waals surface area contributed by atoms with Crippen molar-refractivity contribution >= 4 is 17.7 Å². The maximum Gasteiger partial charge on any atom is 0.411 e. The smallest absolute Gasteiger partial charge is 0.411 e. The summed E-state index contributed by atoms with van der Waals surface area (Å²) < 4.78 is 15.5. The Balaban J connectivity index is 2.27. The van der Waals surface area contributed by atoms with Gasteiger partial charge in [-0.2, -0.15) is 0 Å². The van der Waals surface area contributed by atoms with Crippen LogP contribution in [0.3, 0.4) is 0 Å². The summed E-state index contributed by atoms with van der Waals surface area (Å²) in [5.41, 5.74) is 2.19. The standard InChI is InChI=1S/C19H21NO5/c1-4-24-19(22)20-16-11-15(10-13(2)17(16)18(21)23-3)25-12-14-8-6-5-7-9-14/h5-11H,4,12H2,1-3H3,(H,20,22). The lowest BCUT2D eigenvalue weighted by molar-refractivity contribution is 0.0601. The average molecular weight is 343 g/mol. The van der Waals surface area contributed by atoms with Crippen molar-refractivity contribution in [3.05, 3.63) is 59.2 Å². The number of esters is 1. The molecule has 0 fully saturated rings. The van der Waals surface area contributed by atoms with Gasteiger partial charge in [-0.3, -0.25) is 5.32 Å². The van der Waals surface area contributed by atoms with Crippen molar-refractivity contribution in [2.45, 2.75) is 20.5 Å². The lowest BCUT2D eigenvalue weighted by atomic mass is 10.1. The molecule has 0 saturated heterocycles. The van der Waals surface area contributed by atoms with Crippen LogP contribution < -0.4 is 10.1 Å². The molecule has 0 unspecified atom stereocenters. The number of methoxy groups -OCH3 is 1. The lowest BCUT2D eigenvalue weighted by Gasteiger charge is -2.15. The molecule has 132 valence electrons. The fraction of sp³-hybridized carbons (Fsp3) is 0.263. The molecular formula is C19H21NO5. The molecule has 6 nitrogen and oxygen atoms in total. The Hall–Kier alpha value is -3.02. The molecule has 1 N–H and O–H groups in total. The second kappa shape index (κ2) is 8.73. The Morgan fingerprint density at radius 2 is 1.84 bits per heavy atom. The third-order valence-corrected chi connectivity index (χ3v) is 3.46. The molecule has 0 aliphatic rings. The summed E-state index contributed by atoms with van der Waals surface area (Å²) in [6, 6.07) is 13.0. The first kappa shape index (κ1) is 18.3. The van der Waals surface area contributed by atoms with Crippen LogP contribution in [-0.4, -0.2) is 25.8 Å². The molecule has 0 radical (unpaired) electrons. The Bertz CT molecular complexity index is 743. The summed E-state index contributed by atoms with van der Waals surface area (Å²) in [6.45, 7) is 4.04. The largest absolute Gasteiger partial charge is 0.489 e. The highest BCUT2D eigenvalue weighted by Crippen LogP contribution is 2.28. The second-order valence-corrected chi connectivity index (χ2v) is 5.27. The minimum atomic E-state index is -0.646. The van der Waals surface area contributed by atoms with Gasteiger partial charge in [-0.1, -0.05) is 30.3 Å². The minimum Gasteiger partial charge on any atom is -0.489 e. The predicted molar refractivity (Wildman–Crippen MR) is 93.9 cm³/mol. The molecule has 0 heterocycles. The molecule has 0 saturated carbocycles. The van der Waals surface area contributed by atoms with E-state index >= 15 is 0 Å². The molecule has 0 spiro atoms. The molecule has 2 rings (SSSR count). The zero-order chi connectivity index (χ0) is 18.2. The van der Waals surface area contributed by atoms with Crippen molar-refractivity contribution in [2.24, 2.45) is 0 Å². The zero-order valence-corrected chi connectivity index (χ0v) is 14.5. The average Bonchev–Trinajstić information content (AvgIpc) is 2.60. The molecule has 1 amide bonds. The number of amides is 1. The van der Waals surface area contributed by atoms with Gasteiger partial charge in [0.1, 0.15) is 12.4 Å². The van der Waals surface area contributed by atoms with Crippen molar-refractivity contribution in [3.8, 4) is 5.75 Å². The summed E-state index contributed by atoms with van der Waals surface area (Å²) in [5.74, 6) is -0.0142. The summed E-state index contributed by atoms with van der Waals surface area (Å²) in [4.78, 5) is 23.8. The molecule has 2 aromatic carbocycles. The van der Waals surface area contributed by atoms with Gasteiger partial charge in [-0.15, -0.1) is 0 Å². The van der Waals surface area contributed by atoms with Gasteiger partial charge in [0.15, 0.2) is 0 Å². The van der Waals surface area contributed by atoms with Gasteiger partial charge in [0.2, 0.25) is 0 Å². The molecule has 25 heavy (non-hydrogen) atoms. The van der Waals surface area contributed by atoms with Crippen molar-refractivity contribution < 1.29 is 23.8 Å². The van der Waals surface area contributed by atoms with E-state index in [1.54, 1.807) is 26.0 Å². The highest BCUT2D eigenvalue weighted by molar-refractivity contribution is 6.01. The first-order valence-electron chi connectivity index (χ1n) is 7.88. The van der Waals surface area contributed by atoms with E-state index in [2.05, 4.69) is 5.32 Å². The van der Waals surface area contributed by atoms with Crippen LogP contribution in [0.4, 0.5) is 10.5 Å². The summed E-state index contributed by atoms with van der Waals surface area (Å²) in [5, 5.41) is 2.56. The monoisotopic (exact) mass is 343 g/mol. The number of nitrogens with one attached hydrogen (secondary N) is 1. The van der Waals surface area contributed by atoms with Crippen LogP contribution in [0.25, 0.3) is 0 Å².